The van der Waals surface area contributed by atoms with Gasteiger partial charge in [-0.3, -0.25) is 4.98 Å². The number of halogens is 2. The summed E-state index contributed by atoms with van der Waals surface area (Å²) in [6, 6.07) is 18.4. The van der Waals surface area contributed by atoms with E-state index in [0.717, 1.165) is 33.2 Å². The third-order valence-electron chi connectivity index (χ3n) is 4.91. The second-order valence-electron chi connectivity index (χ2n) is 7.91. The number of nitrogens with zero attached hydrogens (tertiary/aromatic N) is 2. The Kier molecular flexibility index (Phi) is 4.86. The monoisotopic (exact) mass is 406 g/mol. The first kappa shape index (κ1) is 18.9. The van der Waals surface area contributed by atoms with Gasteiger partial charge in [-0.25, -0.2) is 4.98 Å². The molecule has 4 rings (SSSR count). The minimum atomic E-state index is 0.0748. The molecule has 140 valence electrons. The van der Waals surface area contributed by atoms with Crippen LogP contribution in [0.4, 0.5) is 0 Å². The van der Waals surface area contributed by atoms with Gasteiger partial charge in [-0.15, -0.1) is 0 Å². The van der Waals surface area contributed by atoms with Gasteiger partial charge in [0.1, 0.15) is 5.15 Å². The average Bonchev–Trinajstić information content (AvgIpc) is 2.68. The molecule has 28 heavy (non-hydrogen) atoms. The number of fused-ring (bicyclic) bond motifs is 1. The first-order valence-electron chi connectivity index (χ1n) is 9.14. The molecule has 0 bridgehead atoms. The van der Waals surface area contributed by atoms with Crippen LogP contribution >= 0.6 is 23.2 Å². The van der Waals surface area contributed by atoms with Crippen molar-refractivity contribution < 1.29 is 0 Å². The summed E-state index contributed by atoms with van der Waals surface area (Å²) in [4.78, 5) is 8.77. The molecule has 0 saturated carbocycles. The number of rotatable bonds is 2. The summed E-state index contributed by atoms with van der Waals surface area (Å²) >= 11 is 12.5. The molecule has 0 saturated heterocycles. The van der Waals surface area contributed by atoms with Crippen LogP contribution in [0.3, 0.4) is 0 Å². The molecule has 4 aromatic rings. The molecular formula is C24H20Cl2N2. The molecule has 0 fully saturated rings. The van der Waals surface area contributed by atoms with Crippen molar-refractivity contribution in [1.29, 1.82) is 0 Å². The second kappa shape index (κ2) is 7.20. The normalized spacial score (nSPS) is 11.8. The highest BCUT2D eigenvalue weighted by Crippen LogP contribution is 2.35. The van der Waals surface area contributed by atoms with E-state index in [1.165, 1.54) is 5.56 Å². The van der Waals surface area contributed by atoms with Crippen LogP contribution in [-0.2, 0) is 5.41 Å². The third-order valence-corrected chi connectivity index (χ3v) is 5.45. The van der Waals surface area contributed by atoms with E-state index in [1.54, 1.807) is 6.20 Å². The number of benzene rings is 2. The highest BCUT2D eigenvalue weighted by Gasteiger charge is 2.15. The van der Waals surface area contributed by atoms with E-state index < -0.39 is 0 Å². The summed E-state index contributed by atoms with van der Waals surface area (Å²) in [6.45, 7) is 6.63. The van der Waals surface area contributed by atoms with E-state index in [1.807, 2.05) is 24.4 Å². The van der Waals surface area contributed by atoms with E-state index >= 15 is 0 Å². The molecule has 2 heterocycles. The number of hydrogen-bond acceptors (Lipinski definition) is 2. The van der Waals surface area contributed by atoms with Gasteiger partial charge in [-0.05, 0) is 57.8 Å². The quantitative estimate of drug-likeness (QED) is 0.320. The van der Waals surface area contributed by atoms with Crippen LogP contribution in [0, 0.1) is 0 Å². The van der Waals surface area contributed by atoms with Crippen LogP contribution in [0.25, 0.3) is 33.2 Å². The Labute approximate surface area is 175 Å². The van der Waals surface area contributed by atoms with E-state index in [-0.39, 0.29) is 5.41 Å². The molecule has 2 aromatic carbocycles. The first-order valence-corrected chi connectivity index (χ1v) is 9.89. The van der Waals surface area contributed by atoms with Crippen molar-refractivity contribution in [2.45, 2.75) is 26.2 Å². The fourth-order valence-electron chi connectivity index (χ4n) is 3.33. The van der Waals surface area contributed by atoms with Gasteiger partial charge in [0.25, 0.3) is 0 Å². The Bertz CT molecular complexity index is 1180. The maximum atomic E-state index is 6.36. The van der Waals surface area contributed by atoms with Crippen molar-refractivity contribution in [3.05, 3.63) is 82.7 Å². The van der Waals surface area contributed by atoms with Crippen LogP contribution in [0.1, 0.15) is 26.3 Å². The summed E-state index contributed by atoms with van der Waals surface area (Å²) < 4.78 is 0. The molecule has 0 N–H and O–H groups in total. The van der Waals surface area contributed by atoms with Crippen LogP contribution in [0.2, 0.25) is 10.2 Å². The minimum absolute atomic E-state index is 0.0748. The van der Waals surface area contributed by atoms with Crippen molar-refractivity contribution >= 4 is 34.0 Å². The van der Waals surface area contributed by atoms with Crippen molar-refractivity contribution in [1.82, 2.24) is 9.97 Å². The fraction of sp³-hybridized carbons (Fsp3) is 0.167. The van der Waals surface area contributed by atoms with E-state index in [0.29, 0.717) is 10.2 Å². The molecule has 0 aliphatic carbocycles. The highest BCUT2D eigenvalue weighted by molar-refractivity contribution is 6.36. The van der Waals surface area contributed by atoms with Crippen molar-refractivity contribution in [2.24, 2.45) is 0 Å². The Balaban J connectivity index is 1.86. The Hall–Kier alpha value is -2.42. The van der Waals surface area contributed by atoms with Crippen molar-refractivity contribution in [3.8, 4) is 22.4 Å². The molecular weight excluding hydrogens is 387 g/mol. The maximum absolute atomic E-state index is 6.36. The topological polar surface area (TPSA) is 25.8 Å². The average molecular weight is 407 g/mol. The SMILES string of the molecule is CC(C)(C)c1ccnc(-c2cccc(-c3ccc(Cl)c4cnc(Cl)cc34)c2)c1. The van der Waals surface area contributed by atoms with Crippen LogP contribution in [-0.4, -0.2) is 9.97 Å². The maximum Gasteiger partial charge on any atom is 0.129 e. The summed E-state index contributed by atoms with van der Waals surface area (Å²) in [5.74, 6) is 0. The molecule has 0 spiro atoms. The summed E-state index contributed by atoms with van der Waals surface area (Å²) in [5, 5.41) is 2.99. The molecule has 0 aliphatic rings. The van der Waals surface area contributed by atoms with Gasteiger partial charge >= 0.3 is 0 Å². The lowest BCUT2D eigenvalue weighted by Gasteiger charge is -2.19. The Morgan fingerprint density at radius 2 is 1.57 bits per heavy atom. The standard InChI is InChI=1S/C24H20Cl2N2/c1-24(2,3)17-9-10-27-22(12-17)16-6-4-5-15(11-16)18-7-8-21(25)20-14-28-23(26)13-19(18)20/h4-14H,1-3H3. The molecule has 4 heteroatoms. The molecule has 0 unspecified atom stereocenters. The molecule has 0 radical (unpaired) electrons. The summed E-state index contributed by atoms with van der Waals surface area (Å²) in [7, 11) is 0. The van der Waals surface area contributed by atoms with Crippen LogP contribution in [0.15, 0.2) is 67.0 Å². The zero-order valence-electron chi connectivity index (χ0n) is 16.0. The Morgan fingerprint density at radius 3 is 2.36 bits per heavy atom. The molecule has 0 amide bonds. The smallest absolute Gasteiger partial charge is 0.129 e. The van der Waals surface area contributed by atoms with Gasteiger partial charge in [-0.2, -0.15) is 0 Å². The third kappa shape index (κ3) is 3.63. The number of pyridine rings is 2. The lowest BCUT2D eigenvalue weighted by molar-refractivity contribution is 0.589. The zero-order chi connectivity index (χ0) is 19.9. The van der Waals surface area contributed by atoms with E-state index in [9.17, 15) is 0 Å². The highest BCUT2D eigenvalue weighted by atomic mass is 35.5. The van der Waals surface area contributed by atoms with Crippen molar-refractivity contribution in [2.75, 3.05) is 0 Å². The van der Waals surface area contributed by atoms with Gasteiger partial charge in [-0.1, -0.05) is 68.2 Å². The molecule has 2 aromatic heterocycles. The van der Waals surface area contributed by atoms with Gasteiger partial charge in [0.2, 0.25) is 0 Å². The summed E-state index contributed by atoms with van der Waals surface area (Å²) in [5.41, 5.74) is 5.53. The first-order chi connectivity index (χ1) is 13.3. The van der Waals surface area contributed by atoms with Crippen LogP contribution in [0.5, 0.6) is 0 Å². The fourth-order valence-corrected chi connectivity index (χ4v) is 3.70. The summed E-state index contributed by atoms with van der Waals surface area (Å²) in [6.07, 6.45) is 3.60. The van der Waals surface area contributed by atoms with Gasteiger partial charge in [0.05, 0.1) is 5.69 Å². The molecule has 0 aliphatic heterocycles. The second-order valence-corrected chi connectivity index (χ2v) is 8.70. The lowest BCUT2D eigenvalue weighted by Crippen LogP contribution is -2.11. The van der Waals surface area contributed by atoms with Gasteiger partial charge < -0.3 is 0 Å². The molecule has 2 nitrogen and oxygen atoms in total. The predicted molar refractivity (Wildman–Crippen MR) is 119 cm³/mol. The largest absolute Gasteiger partial charge is 0.256 e. The van der Waals surface area contributed by atoms with E-state index in [4.69, 9.17) is 23.2 Å². The number of aromatic nitrogens is 2. The lowest BCUT2D eigenvalue weighted by atomic mass is 9.87. The van der Waals surface area contributed by atoms with Crippen molar-refractivity contribution in [3.63, 3.8) is 0 Å². The van der Waals surface area contributed by atoms with Gasteiger partial charge in [0.15, 0.2) is 0 Å². The zero-order valence-corrected chi connectivity index (χ0v) is 17.5. The number of hydrogen-bond donors (Lipinski definition) is 0. The van der Waals surface area contributed by atoms with E-state index in [2.05, 4.69) is 67.1 Å². The molecule has 0 atom stereocenters. The predicted octanol–water partition coefficient (Wildman–Crippen LogP) is 7.57. The minimum Gasteiger partial charge on any atom is -0.256 e. The van der Waals surface area contributed by atoms with Crippen LogP contribution < -0.4 is 0 Å². The Morgan fingerprint density at radius 1 is 0.786 bits per heavy atom. The van der Waals surface area contributed by atoms with Gasteiger partial charge in [0, 0.05) is 28.4 Å².